The van der Waals surface area contributed by atoms with Crippen LogP contribution in [0.2, 0.25) is 0 Å². The van der Waals surface area contributed by atoms with E-state index in [1.807, 2.05) is 0 Å². The second-order valence-electron chi connectivity index (χ2n) is 2.42. The largest absolute Gasteiger partial charge is 0.274 e. The smallest absolute Gasteiger partial charge is 0.249 e. The molecule has 0 spiro atoms. The number of nitrogens with one attached hydrogen (secondary N) is 1. The van der Waals surface area contributed by atoms with E-state index in [1.54, 1.807) is 6.92 Å². The van der Waals surface area contributed by atoms with Crippen LogP contribution in [0.4, 0.5) is 0 Å². The van der Waals surface area contributed by atoms with Gasteiger partial charge in [-0.2, -0.15) is 0 Å². The van der Waals surface area contributed by atoms with Crippen LogP contribution < -0.4 is 5.48 Å². The molecular formula is C6H9Cl2NO2. The Labute approximate surface area is 74.9 Å². The third kappa shape index (κ3) is 2.22. The van der Waals surface area contributed by atoms with Gasteiger partial charge in [0.25, 0.3) is 0 Å². The molecule has 0 aromatic rings. The van der Waals surface area contributed by atoms with Gasteiger partial charge in [-0.25, -0.2) is 5.48 Å². The van der Waals surface area contributed by atoms with Crippen molar-refractivity contribution in [3.05, 3.63) is 0 Å². The van der Waals surface area contributed by atoms with Crippen LogP contribution in [0.15, 0.2) is 0 Å². The van der Waals surface area contributed by atoms with Crippen molar-refractivity contribution in [3.63, 3.8) is 0 Å². The molecular weight excluding hydrogens is 189 g/mol. The molecule has 0 aromatic carbocycles. The third-order valence-electron chi connectivity index (χ3n) is 1.46. The maximum atomic E-state index is 11.0. The van der Waals surface area contributed by atoms with E-state index in [9.17, 15) is 4.79 Å². The van der Waals surface area contributed by atoms with E-state index in [0.717, 1.165) is 0 Å². The summed E-state index contributed by atoms with van der Waals surface area (Å²) >= 11 is 11.3. The number of halogens is 2. The van der Waals surface area contributed by atoms with Crippen molar-refractivity contribution in [2.75, 3.05) is 6.61 Å². The fourth-order valence-corrected chi connectivity index (χ4v) is 1.22. The lowest BCUT2D eigenvalue weighted by atomic mass is 10.4. The molecule has 0 aliphatic heterocycles. The van der Waals surface area contributed by atoms with Gasteiger partial charge in [-0.1, -0.05) is 0 Å². The quantitative estimate of drug-likeness (QED) is 0.547. The molecule has 64 valence electrons. The van der Waals surface area contributed by atoms with Gasteiger partial charge in [-0.3, -0.25) is 9.63 Å². The van der Waals surface area contributed by atoms with Gasteiger partial charge in [0.1, 0.15) is 4.33 Å². The van der Waals surface area contributed by atoms with E-state index < -0.39 is 4.33 Å². The van der Waals surface area contributed by atoms with Crippen molar-refractivity contribution in [1.82, 2.24) is 5.48 Å². The van der Waals surface area contributed by atoms with E-state index >= 15 is 0 Å². The van der Waals surface area contributed by atoms with E-state index in [1.165, 1.54) is 0 Å². The molecule has 0 saturated heterocycles. The van der Waals surface area contributed by atoms with Gasteiger partial charge in [0.05, 0.1) is 12.5 Å². The minimum Gasteiger partial charge on any atom is -0.274 e. The second kappa shape index (κ2) is 3.17. The summed E-state index contributed by atoms with van der Waals surface area (Å²) < 4.78 is -0.860. The zero-order valence-electron chi connectivity index (χ0n) is 6.06. The van der Waals surface area contributed by atoms with Crippen LogP contribution >= 0.6 is 23.2 Å². The highest BCUT2D eigenvalue weighted by Gasteiger charge is 2.56. The van der Waals surface area contributed by atoms with Crippen LogP contribution in [-0.4, -0.2) is 16.8 Å². The van der Waals surface area contributed by atoms with E-state index in [2.05, 4.69) is 10.3 Å². The lowest BCUT2D eigenvalue weighted by molar-refractivity contribution is -0.134. The van der Waals surface area contributed by atoms with Crippen LogP contribution in [0.25, 0.3) is 0 Å². The third-order valence-corrected chi connectivity index (χ3v) is 2.29. The van der Waals surface area contributed by atoms with Crippen molar-refractivity contribution >= 4 is 29.1 Å². The molecule has 1 unspecified atom stereocenters. The molecule has 1 saturated carbocycles. The van der Waals surface area contributed by atoms with Crippen LogP contribution in [0, 0.1) is 5.92 Å². The van der Waals surface area contributed by atoms with Crippen LogP contribution in [0.3, 0.4) is 0 Å². The van der Waals surface area contributed by atoms with Gasteiger partial charge >= 0.3 is 0 Å². The molecule has 0 radical (unpaired) electrons. The number of alkyl halides is 2. The summed E-state index contributed by atoms with van der Waals surface area (Å²) in [6.45, 7) is 2.22. The first-order chi connectivity index (χ1) is 5.08. The standard InChI is InChI=1S/C6H9Cl2NO2/c1-2-11-9-5(10)4-3-6(4,7)8/h4H,2-3H2,1H3,(H,9,10). The number of amides is 1. The summed E-state index contributed by atoms with van der Waals surface area (Å²) in [5.41, 5.74) is 2.24. The van der Waals surface area contributed by atoms with Gasteiger partial charge in [0.2, 0.25) is 5.91 Å². The Morgan fingerprint density at radius 2 is 2.36 bits per heavy atom. The first kappa shape index (κ1) is 9.10. The first-order valence-corrected chi connectivity index (χ1v) is 4.13. The molecule has 1 rings (SSSR count). The molecule has 5 heteroatoms. The average Bonchev–Trinajstić information content (AvgIpc) is 2.55. The molecule has 11 heavy (non-hydrogen) atoms. The summed E-state index contributed by atoms with van der Waals surface area (Å²) in [5.74, 6) is -0.547. The Balaban J connectivity index is 2.23. The van der Waals surface area contributed by atoms with E-state index in [4.69, 9.17) is 23.2 Å². The molecule has 1 fully saturated rings. The molecule has 0 bridgehead atoms. The molecule has 1 N–H and O–H groups in total. The Morgan fingerprint density at radius 1 is 1.82 bits per heavy atom. The van der Waals surface area contributed by atoms with Gasteiger partial charge in [-0.05, 0) is 13.3 Å². The average molecular weight is 198 g/mol. The molecule has 1 amide bonds. The number of carbonyl (C=O) groups is 1. The zero-order chi connectivity index (χ0) is 8.48. The van der Waals surface area contributed by atoms with Crippen LogP contribution in [0.5, 0.6) is 0 Å². The second-order valence-corrected chi connectivity index (χ2v) is 3.96. The first-order valence-electron chi connectivity index (χ1n) is 3.37. The zero-order valence-corrected chi connectivity index (χ0v) is 7.58. The maximum absolute atomic E-state index is 11.0. The lowest BCUT2D eigenvalue weighted by Gasteiger charge is -2.02. The van der Waals surface area contributed by atoms with Gasteiger partial charge in [-0.15, -0.1) is 23.2 Å². The predicted molar refractivity (Wildman–Crippen MR) is 42.3 cm³/mol. The molecule has 1 aliphatic rings. The number of carbonyl (C=O) groups excluding carboxylic acids is 1. The minimum absolute atomic E-state index is 0.239. The van der Waals surface area contributed by atoms with Gasteiger partial charge in [0, 0.05) is 0 Å². The molecule has 1 aliphatic carbocycles. The van der Waals surface area contributed by atoms with Gasteiger partial charge in [0.15, 0.2) is 0 Å². The lowest BCUT2D eigenvalue weighted by Crippen LogP contribution is -2.26. The summed E-state index contributed by atoms with van der Waals surface area (Å²) in [5, 5.41) is 0. The molecule has 1 atom stereocenters. The predicted octanol–water partition coefficient (Wildman–Crippen LogP) is 1.25. The van der Waals surface area contributed by atoms with Crippen molar-refractivity contribution < 1.29 is 9.63 Å². The topological polar surface area (TPSA) is 38.3 Å². The van der Waals surface area contributed by atoms with Crippen molar-refractivity contribution in [1.29, 1.82) is 0 Å². The van der Waals surface area contributed by atoms with Crippen molar-refractivity contribution in [3.8, 4) is 0 Å². The Morgan fingerprint density at radius 3 is 2.73 bits per heavy atom. The number of hydroxylamine groups is 1. The Bertz CT molecular complexity index is 172. The fourth-order valence-electron chi connectivity index (χ4n) is 0.712. The number of hydrogen-bond acceptors (Lipinski definition) is 2. The van der Waals surface area contributed by atoms with E-state index in [-0.39, 0.29) is 11.8 Å². The summed E-state index contributed by atoms with van der Waals surface area (Å²) in [7, 11) is 0. The summed E-state index contributed by atoms with van der Waals surface area (Å²) in [6, 6.07) is 0. The molecule has 0 aromatic heterocycles. The van der Waals surface area contributed by atoms with Crippen LogP contribution in [-0.2, 0) is 9.63 Å². The SMILES string of the molecule is CCONC(=O)C1CC1(Cl)Cl. The Kier molecular flexibility index (Phi) is 2.62. The minimum atomic E-state index is -0.860. The molecule has 3 nitrogen and oxygen atoms in total. The van der Waals surface area contributed by atoms with E-state index in [0.29, 0.717) is 13.0 Å². The molecule has 0 heterocycles. The highest BCUT2D eigenvalue weighted by atomic mass is 35.5. The summed E-state index contributed by atoms with van der Waals surface area (Å²) in [6.07, 6.45) is 0.509. The van der Waals surface area contributed by atoms with Crippen molar-refractivity contribution in [2.24, 2.45) is 5.92 Å². The number of hydrogen-bond donors (Lipinski definition) is 1. The maximum Gasteiger partial charge on any atom is 0.249 e. The summed E-state index contributed by atoms with van der Waals surface area (Å²) in [4.78, 5) is 15.6. The normalized spacial score (nSPS) is 26.3. The number of rotatable bonds is 3. The van der Waals surface area contributed by atoms with Gasteiger partial charge < -0.3 is 0 Å². The van der Waals surface area contributed by atoms with Crippen molar-refractivity contribution in [2.45, 2.75) is 17.7 Å². The highest BCUT2D eigenvalue weighted by Crippen LogP contribution is 2.53. The van der Waals surface area contributed by atoms with Crippen LogP contribution in [0.1, 0.15) is 13.3 Å². The Hall–Kier alpha value is 0.01000. The fraction of sp³-hybridized carbons (Fsp3) is 0.833. The highest BCUT2D eigenvalue weighted by molar-refractivity contribution is 6.52. The monoisotopic (exact) mass is 197 g/mol.